The molecule has 0 fully saturated rings. The predicted molar refractivity (Wildman–Crippen MR) is 72.1 cm³/mol. The zero-order chi connectivity index (χ0) is 13.8. The fraction of sp³-hybridized carbons (Fsp3) is 0.200. The highest BCUT2D eigenvalue weighted by Crippen LogP contribution is 2.22. The topological polar surface area (TPSA) is 56.5 Å². The molecule has 1 aromatic heterocycles. The van der Waals surface area contributed by atoms with Crippen LogP contribution in [0.1, 0.15) is 11.1 Å². The summed E-state index contributed by atoms with van der Waals surface area (Å²) in [5.74, 6) is -0.388. The van der Waals surface area contributed by atoms with Crippen LogP contribution in [0, 0.1) is 0 Å². The molecule has 0 saturated carbocycles. The van der Waals surface area contributed by atoms with Crippen LogP contribution in [0.4, 0.5) is 0 Å². The van der Waals surface area contributed by atoms with Crippen molar-refractivity contribution in [3.63, 3.8) is 0 Å². The molecule has 0 saturated heterocycles. The lowest BCUT2D eigenvalue weighted by Crippen LogP contribution is -2.09. The van der Waals surface area contributed by atoms with Crippen LogP contribution in [-0.4, -0.2) is 13.1 Å². The molecule has 1 aromatic carbocycles. The summed E-state index contributed by atoms with van der Waals surface area (Å²) in [6.07, 6.45) is 2.39. The molecule has 0 N–H and O–H groups in total. The van der Waals surface area contributed by atoms with Crippen molar-refractivity contribution in [1.29, 1.82) is 0 Å². The molecular weight excluding hydrogens is 244 g/mol. The Kier molecular flexibility index (Phi) is 3.80. The minimum Gasteiger partial charge on any atom is -0.469 e. The van der Waals surface area contributed by atoms with Crippen molar-refractivity contribution in [1.82, 2.24) is 0 Å². The minimum absolute atomic E-state index is 0.0517. The molecule has 1 heterocycles. The molecule has 0 aliphatic heterocycles. The molecular formula is C15H14O4. The number of para-hydroxylation sites is 1. The van der Waals surface area contributed by atoms with Crippen LogP contribution in [0.5, 0.6) is 0 Å². The molecule has 0 atom stereocenters. The molecule has 4 heteroatoms. The van der Waals surface area contributed by atoms with Gasteiger partial charge in [0.15, 0.2) is 0 Å². The standard InChI is InChI=1S/C15H14O4/c1-3-5-10-6-4-7-12-11(8-13(16)18-2)9-14(17)19-15(10)12/h3-4,6-7,9H,1,5,8H2,2H3. The number of ether oxygens (including phenoxy) is 1. The number of esters is 1. The fourth-order valence-corrected chi connectivity index (χ4v) is 2.00. The van der Waals surface area contributed by atoms with Gasteiger partial charge in [0.25, 0.3) is 0 Å². The Morgan fingerprint density at radius 2 is 2.21 bits per heavy atom. The van der Waals surface area contributed by atoms with Gasteiger partial charge < -0.3 is 9.15 Å². The number of hydrogen-bond acceptors (Lipinski definition) is 4. The molecule has 0 unspecified atom stereocenters. The zero-order valence-corrected chi connectivity index (χ0v) is 10.6. The van der Waals surface area contributed by atoms with Crippen molar-refractivity contribution in [2.75, 3.05) is 7.11 Å². The molecule has 0 amide bonds. The van der Waals surface area contributed by atoms with E-state index in [0.717, 1.165) is 10.9 Å². The SMILES string of the molecule is C=CCc1cccc2c(CC(=O)OC)cc(=O)oc12. The summed E-state index contributed by atoms with van der Waals surface area (Å²) in [4.78, 5) is 23.0. The van der Waals surface area contributed by atoms with Gasteiger partial charge in [0.2, 0.25) is 0 Å². The summed E-state index contributed by atoms with van der Waals surface area (Å²) in [5, 5.41) is 0.754. The highest BCUT2D eigenvalue weighted by Gasteiger charge is 2.12. The molecule has 2 aromatic rings. The Morgan fingerprint density at radius 3 is 2.89 bits per heavy atom. The first-order valence-corrected chi connectivity index (χ1v) is 5.88. The first-order chi connectivity index (χ1) is 9.15. The number of hydrogen-bond donors (Lipinski definition) is 0. The van der Waals surface area contributed by atoms with Crippen LogP contribution in [-0.2, 0) is 22.4 Å². The van der Waals surface area contributed by atoms with Crippen molar-refractivity contribution >= 4 is 16.9 Å². The van der Waals surface area contributed by atoms with Crippen LogP contribution < -0.4 is 5.63 Å². The van der Waals surface area contributed by atoms with E-state index < -0.39 is 5.63 Å². The number of carbonyl (C=O) groups excluding carboxylic acids is 1. The summed E-state index contributed by atoms with van der Waals surface area (Å²) in [6, 6.07) is 6.89. The Balaban J connectivity index is 2.64. The van der Waals surface area contributed by atoms with Gasteiger partial charge >= 0.3 is 11.6 Å². The van der Waals surface area contributed by atoms with Crippen molar-refractivity contribution in [2.24, 2.45) is 0 Å². The Hall–Kier alpha value is -2.36. The molecule has 2 rings (SSSR count). The molecule has 0 aliphatic rings. The Morgan fingerprint density at radius 1 is 1.42 bits per heavy atom. The molecule has 0 bridgehead atoms. The quantitative estimate of drug-likeness (QED) is 0.479. The molecule has 4 nitrogen and oxygen atoms in total. The van der Waals surface area contributed by atoms with Gasteiger partial charge in [-0.1, -0.05) is 24.3 Å². The fourth-order valence-electron chi connectivity index (χ4n) is 2.00. The van der Waals surface area contributed by atoms with Gasteiger partial charge in [0.05, 0.1) is 13.5 Å². The second-order valence-corrected chi connectivity index (χ2v) is 4.13. The van der Waals surface area contributed by atoms with Crippen LogP contribution in [0.3, 0.4) is 0 Å². The normalized spacial score (nSPS) is 10.4. The summed E-state index contributed by atoms with van der Waals surface area (Å²) in [7, 11) is 1.32. The maximum Gasteiger partial charge on any atom is 0.336 e. The summed E-state index contributed by atoms with van der Waals surface area (Å²) in [6.45, 7) is 3.68. The first-order valence-electron chi connectivity index (χ1n) is 5.88. The van der Waals surface area contributed by atoms with E-state index in [-0.39, 0.29) is 12.4 Å². The lowest BCUT2D eigenvalue weighted by atomic mass is 10.0. The van der Waals surface area contributed by atoms with E-state index in [2.05, 4.69) is 11.3 Å². The van der Waals surface area contributed by atoms with Gasteiger partial charge in [0.1, 0.15) is 5.58 Å². The van der Waals surface area contributed by atoms with Crippen molar-refractivity contribution in [3.05, 3.63) is 58.5 Å². The summed E-state index contributed by atoms with van der Waals surface area (Å²) >= 11 is 0. The van der Waals surface area contributed by atoms with Crippen LogP contribution >= 0.6 is 0 Å². The Bertz CT molecular complexity index is 682. The lowest BCUT2D eigenvalue weighted by molar-refractivity contribution is -0.139. The molecule has 0 spiro atoms. The highest BCUT2D eigenvalue weighted by atomic mass is 16.5. The van der Waals surface area contributed by atoms with E-state index in [1.54, 1.807) is 6.08 Å². The third kappa shape index (κ3) is 2.73. The lowest BCUT2D eigenvalue weighted by Gasteiger charge is -2.07. The van der Waals surface area contributed by atoms with E-state index in [1.807, 2.05) is 18.2 Å². The summed E-state index contributed by atoms with van der Waals surface area (Å²) < 4.78 is 9.88. The number of carbonyl (C=O) groups is 1. The van der Waals surface area contributed by atoms with Gasteiger partial charge in [-0.2, -0.15) is 0 Å². The van der Waals surface area contributed by atoms with E-state index in [1.165, 1.54) is 13.2 Å². The van der Waals surface area contributed by atoms with Gasteiger partial charge in [0, 0.05) is 11.5 Å². The van der Waals surface area contributed by atoms with E-state index in [0.29, 0.717) is 17.6 Å². The van der Waals surface area contributed by atoms with E-state index >= 15 is 0 Å². The van der Waals surface area contributed by atoms with Gasteiger partial charge in [-0.25, -0.2) is 4.79 Å². The average Bonchev–Trinajstić information content (AvgIpc) is 2.39. The number of fused-ring (bicyclic) bond motifs is 1. The molecule has 0 aliphatic carbocycles. The van der Waals surface area contributed by atoms with Crippen LogP contribution in [0.2, 0.25) is 0 Å². The minimum atomic E-state index is -0.470. The van der Waals surface area contributed by atoms with Gasteiger partial charge in [-0.05, 0) is 17.5 Å². The third-order valence-electron chi connectivity index (χ3n) is 2.86. The highest BCUT2D eigenvalue weighted by molar-refractivity contribution is 5.87. The van der Waals surface area contributed by atoms with Crippen molar-refractivity contribution in [2.45, 2.75) is 12.8 Å². The molecule has 0 radical (unpaired) electrons. The number of allylic oxidation sites excluding steroid dienone is 1. The largest absolute Gasteiger partial charge is 0.469 e. The first kappa shape index (κ1) is 13.1. The maximum atomic E-state index is 11.6. The number of methoxy groups -OCH3 is 1. The van der Waals surface area contributed by atoms with E-state index in [9.17, 15) is 9.59 Å². The van der Waals surface area contributed by atoms with E-state index in [4.69, 9.17) is 4.42 Å². The second kappa shape index (κ2) is 5.52. The average molecular weight is 258 g/mol. The zero-order valence-electron chi connectivity index (χ0n) is 10.6. The molecule has 98 valence electrons. The van der Waals surface area contributed by atoms with Gasteiger partial charge in [-0.15, -0.1) is 6.58 Å². The smallest absolute Gasteiger partial charge is 0.336 e. The maximum absolute atomic E-state index is 11.6. The summed E-state index contributed by atoms with van der Waals surface area (Å²) in [5.41, 5.74) is 1.53. The monoisotopic (exact) mass is 258 g/mol. The number of rotatable bonds is 4. The van der Waals surface area contributed by atoms with Crippen molar-refractivity contribution in [3.8, 4) is 0 Å². The van der Waals surface area contributed by atoms with Gasteiger partial charge in [-0.3, -0.25) is 4.79 Å². The third-order valence-corrected chi connectivity index (χ3v) is 2.86. The van der Waals surface area contributed by atoms with Crippen LogP contribution in [0.15, 0.2) is 46.1 Å². The Labute approximate surface area is 110 Å². The van der Waals surface area contributed by atoms with Crippen molar-refractivity contribution < 1.29 is 13.9 Å². The van der Waals surface area contributed by atoms with Crippen LogP contribution in [0.25, 0.3) is 11.0 Å². The number of benzene rings is 1. The predicted octanol–water partition coefficient (Wildman–Crippen LogP) is 2.24. The second-order valence-electron chi connectivity index (χ2n) is 4.13. The molecule has 19 heavy (non-hydrogen) atoms.